The minimum atomic E-state index is -3.69. The molecule has 7 heteroatoms. The first-order valence-electron chi connectivity index (χ1n) is 7.24. The van der Waals surface area contributed by atoms with Crippen molar-refractivity contribution in [2.24, 2.45) is 0 Å². The van der Waals surface area contributed by atoms with Crippen molar-refractivity contribution in [2.45, 2.75) is 18.2 Å². The van der Waals surface area contributed by atoms with Crippen LogP contribution < -0.4 is 18.9 Å². The van der Waals surface area contributed by atoms with E-state index in [0.717, 1.165) is 6.42 Å². The number of nitrogens with one attached hydrogen (secondary N) is 1. The van der Waals surface area contributed by atoms with Crippen LogP contribution in [0.3, 0.4) is 0 Å². The number of sulfonamides is 1. The van der Waals surface area contributed by atoms with Crippen LogP contribution in [0.4, 0.5) is 5.69 Å². The van der Waals surface area contributed by atoms with Gasteiger partial charge in [0, 0.05) is 11.8 Å². The Morgan fingerprint density at radius 2 is 1.83 bits per heavy atom. The lowest BCUT2D eigenvalue weighted by atomic mass is 10.3. The maximum absolute atomic E-state index is 12.4. The first-order chi connectivity index (χ1) is 11.1. The van der Waals surface area contributed by atoms with E-state index in [1.165, 1.54) is 12.1 Å². The van der Waals surface area contributed by atoms with Crippen molar-refractivity contribution in [2.75, 3.05) is 18.1 Å². The highest BCUT2D eigenvalue weighted by Crippen LogP contribution is 2.34. The number of hydrogen-bond acceptors (Lipinski definition) is 5. The van der Waals surface area contributed by atoms with E-state index in [1.54, 1.807) is 30.3 Å². The summed E-state index contributed by atoms with van der Waals surface area (Å²) in [6.45, 7) is 2.75. The second-order valence-electron chi connectivity index (χ2n) is 4.99. The Balaban J connectivity index is 1.75. The van der Waals surface area contributed by atoms with Gasteiger partial charge in [-0.25, -0.2) is 8.42 Å². The SMILES string of the molecule is CCCOc1ccc(NS(=O)(=O)c2ccc3c(c2)OCO3)cc1. The Hall–Kier alpha value is -2.41. The second kappa shape index (κ2) is 6.37. The molecule has 0 spiro atoms. The Kier molecular flexibility index (Phi) is 4.29. The highest BCUT2D eigenvalue weighted by Gasteiger charge is 2.20. The summed E-state index contributed by atoms with van der Waals surface area (Å²) >= 11 is 0. The topological polar surface area (TPSA) is 73.9 Å². The zero-order valence-corrected chi connectivity index (χ0v) is 13.4. The zero-order valence-electron chi connectivity index (χ0n) is 12.6. The summed E-state index contributed by atoms with van der Waals surface area (Å²) in [6, 6.07) is 11.3. The van der Waals surface area contributed by atoms with Gasteiger partial charge in [-0.05, 0) is 42.8 Å². The smallest absolute Gasteiger partial charge is 0.262 e. The van der Waals surface area contributed by atoms with Crippen molar-refractivity contribution in [1.29, 1.82) is 0 Å². The van der Waals surface area contributed by atoms with Crippen molar-refractivity contribution in [3.63, 3.8) is 0 Å². The van der Waals surface area contributed by atoms with Crippen molar-refractivity contribution in [1.82, 2.24) is 0 Å². The van der Waals surface area contributed by atoms with Crippen molar-refractivity contribution < 1.29 is 22.6 Å². The molecule has 0 aliphatic carbocycles. The lowest BCUT2D eigenvalue weighted by Gasteiger charge is -2.10. The number of anilines is 1. The van der Waals surface area contributed by atoms with Crippen LogP contribution in [0.2, 0.25) is 0 Å². The van der Waals surface area contributed by atoms with E-state index in [2.05, 4.69) is 4.72 Å². The third kappa shape index (κ3) is 3.50. The van der Waals surface area contributed by atoms with Gasteiger partial charge >= 0.3 is 0 Å². The lowest BCUT2D eigenvalue weighted by molar-refractivity contribution is 0.174. The Labute approximate surface area is 135 Å². The first kappa shape index (κ1) is 15.5. The lowest BCUT2D eigenvalue weighted by Crippen LogP contribution is -2.12. The van der Waals surface area contributed by atoms with Crippen LogP contribution in [0.5, 0.6) is 17.2 Å². The van der Waals surface area contributed by atoms with E-state index in [-0.39, 0.29) is 11.7 Å². The molecule has 0 atom stereocenters. The van der Waals surface area contributed by atoms with E-state index < -0.39 is 10.0 Å². The van der Waals surface area contributed by atoms with Crippen molar-refractivity contribution in [3.05, 3.63) is 42.5 Å². The summed E-state index contributed by atoms with van der Waals surface area (Å²) in [5, 5.41) is 0. The Bertz CT molecular complexity index is 787. The summed E-state index contributed by atoms with van der Waals surface area (Å²) in [7, 11) is -3.69. The highest BCUT2D eigenvalue weighted by atomic mass is 32.2. The molecule has 2 aromatic carbocycles. The molecule has 23 heavy (non-hydrogen) atoms. The molecule has 0 unspecified atom stereocenters. The van der Waals surface area contributed by atoms with E-state index >= 15 is 0 Å². The van der Waals surface area contributed by atoms with Gasteiger partial charge in [0.05, 0.1) is 11.5 Å². The third-order valence-electron chi connectivity index (χ3n) is 3.23. The predicted octanol–water partition coefficient (Wildman–Crippen LogP) is 3.00. The van der Waals surface area contributed by atoms with Crippen molar-refractivity contribution >= 4 is 15.7 Å². The minimum Gasteiger partial charge on any atom is -0.494 e. The van der Waals surface area contributed by atoms with Crippen LogP contribution in [0.25, 0.3) is 0 Å². The fraction of sp³-hybridized carbons (Fsp3) is 0.250. The van der Waals surface area contributed by atoms with Gasteiger partial charge in [-0.15, -0.1) is 0 Å². The van der Waals surface area contributed by atoms with Gasteiger partial charge in [0.2, 0.25) is 6.79 Å². The summed E-state index contributed by atoms with van der Waals surface area (Å²) in [4.78, 5) is 0.119. The normalized spacial score (nSPS) is 12.9. The van der Waals surface area contributed by atoms with Crippen LogP contribution in [0.15, 0.2) is 47.4 Å². The molecule has 0 bridgehead atoms. The molecule has 1 N–H and O–H groups in total. The predicted molar refractivity (Wildman–Crippen MR) is 85.6 cm³/mol. The monoisotopic (exact) mass is 335 g/mol. The molecule has 1 heterocycles. The number of fused-ring (bicyclic) bond motifs is 1. The van der Waals surface area contributed by atoms with Gasteiger partial charge in [-0.3, -0.25) is 4.72 Å². The van der Waals surface area contributed by atoms with Gasteiger partial charge in [0.1, 0.15) is 5.75 Å². The first-order valence-corrected chi connectivity index (χ1v) is 8.72. The van der Waals surface area contributed by atoms with Crippen LogP contribution in [0.1, 0.15) is 13.3 Å². The summed E-state index contributed by atoms with van der Waals surface area (Å²) in [5.74, 6) is 1.68. The number of hydrogen-bond donors (Lipinski definition) is 1. The Morgan fingerprint density at radius 1 is 1.09 bits per heavy atom. The average Bonchev–Trinajstić information content (AvgIpc) is 3.01. The molecule has 0 radical (unpaired) electrons. The number of benzene rings is 2. The van der Waals surface area contributed by atoms with Gasteiger partial charge in [0.25, 0.3) is 10.0 Å². The summed E-state index contributed by atoms with van der Waals surface area (Å²) < 4.78 is 43.2. The van der Waals surface area contributed by atoms with Crippen LogP contribution in [0, 0.1) is 0 Å². The standard InChI is InChI=1S/C16H17NO5S/c1-2-9-20-13-5-3-12(4-6-13)17-23(18,19)14-7-8-15-16(10-14)22-11-21-15/h3-8,10,17H,2,9,11H2,1H3. The fourth-order valence-electron chi connectivity index (χ4n) is 2.10. The largest absolute Gasteiger partial charge is 0.494 e. The van der Waals surface area contributed by atoms with E-state index in [0.29, 0.717) is 29.5 Å². The van der Waals surface area contributed by atoms with Gasteiger partial charge in [-0.2, -0.15) is 0 Å². The molecule has 122 valence electrons. The molecule has 0 saturated carbocycles. The second-order valence-corrected chi connectivity index (χ2v) is 6.68. The molecule has 1 aliphatic rings. The number of rotatable bonds is 6. The number of ether oxygens (including phenoxy) is 3. The third-order valence-corrected chi connectivity index (χ3v) is 4.61. The molecular weight excluding hydrogens is 318 g/mol. The van der Waals surface area contributed by atoms with Crippen molar-refractivity contribution in [3.8, 4) is 17.2 Å². The van der Waals surface area contributed by atoms with Crippen LogP contribution in [-0.4, -0.2) is 21.8 Å². The van der Waals surface area contributed by atoms with E-state index in [4.69, 9.17) is 14.2 Å². The molecule has 1 aliphatic heterocycles. The molecule has 2 aromatic rings. The molecular formula is C16H17NO5S. The Morgan fingerprint density at radius 3 is 2.57 bits per heavy atom. The molecule has 0 saturated heterocycles. The summed E-state index contributed by atoms with van der Waals surface area (Å²) in [5.41, 5.74) is 0.464. The molecule has 0 fully saturated rings. The average molecular weight is 335 g/mol. The van der Waals surface area contributed by atoms with Gasteiger partial charge in [-0.1, -0.05) is 6.92 Å². The van der Waals surface area contributed by atoms with Gasteiger partial charge in [0.15, 0.2) is 11.5 Å². The van der Waals surface area contributed by atoms with Crippen LogP contribution >= 0.6 is 0 Å². The maximum atomic E-state index is 12.4. The quantitative estimate of drug-likeness (QED) is 0.878. The summed E-state index contributed by atoms with van der Waals surface area (Å²) in [6.07, 6.45) is 0.915. The van der Waals surface area contributed by atoms with E-state index in [1.807, 2.05) is 6.92 Å². The minimum absolute atomic E-state index is 0.103. The van der Waals surface area contributed by atoms with Crippen LogP contribution in [-0.2, 0) is 10.0 Å². The molecule has 3 rings (SSSR count). The highest BCUT2D eigenvalue weighted by molar-refractivity contribution is 7.92. The zero-order chi connectivity index (χ0) is 16.3. The molecule has 6 nitrogen and oxygen atoms in total. The fourth-order valence-corrected chi connectivity index (χ4v) is 3.17. The molecule has 0 aromatic heterocycles. The van der Waals surface area contributed by atoms with Gasteiger partial charge < -0.3 is 14.2 Å². The van der Waals surface area contributed by atoms with E-state index in [9.17, 15) is 8.42 Å². The maximum Gasteiger partial charge on any atom is 0.262 e. The molecule has 0 amide bonds.